The van der Waals surface area contributed by atoms with Crippen molar-refractivity contribution < 1.29 is 4.79 Å². The van der Waals surface area contributed by atoms with E-state index in [-0.39, 0.29) is 11.9 Å². The molecule has 1 unspecified atom stereocenters. The van der Waals surface area contributed by atoms with E-state index >= 15 is 0 Å². The van der Waals surface area contributed by atoms with Crippen molar-refractivity contribution >= 4 is 16.8 Å². The van der Waals surface area contributed by atoms with Crippen LogP contribution in [0, 0.1) is 6.92 Å². The summed E-state index contributed by atoms with van der Waals surface area (Å²) in [5.74, 6) is 0.217. The lowest BCUT2D eigenvalue weighted by molar-refractivity contribution is -0.135. The first-order valence-corrected chi connectivity index (χ1v) is 13.0. The number of carbonyl (C=O) groups is 1. The Morgan fingerprint density at radius 3 is 2.54 bits per heavy atom. The first-order valence-electron chi connectivity index (χ1n) is 13.0. The van der Waals surface area contributed by atoms with Gasteiger partial charge in [0, 0.05) is 44.2 Å². The summed E-state index contributed by atoms with van der Waals surface area (Å²) in [5.41, 5.74) is 4.59. The molecule has 1 aromatic heterocycles. The van der Waals surface area contributed by atoms with Crippen LogP contribution in [-0.2, 0) is 17.8 Å². The molecular weight excluding hydrogens is 436 g/mol. The normalized spacial score (nSPS) is 19.3. The highest BCUT2D eigenvalue weighted by Crippen LogP contribution is 2.21. The second kappa shape index (κ2) is 10.9. The quantitative estimate of drug-likeness (QED) is 0.551. The number of benzene rings is 2. The minimum atomic E-state index is -0.256. The van der Waals surface area contributed by atoms with Crippen LogP contribution in [0.5, 0.6) is 0 Å². The van der Waals surface area contributed by atoms with Crippen molar-refractivity contribution in [2.24, 2.45) is 0 Å². The van der Waals surface area contributed by atoms with Crippen LogP contribution in [0.2, 0.25) is 0 Å². The van der Waals surface area contributed by atoms with Gasteiger partial charge >= 0.3 is 0 Å². The summed E-state index contributed by atoms with van der Waals surface area (Å²) in [4.78, 5) is 20.9. The average Bonchev–Trinajstić information content (AvgIpc) is 3.37. The highest BCUT2D eigenvalue weighted by atomic mass is 16.2. The van der Waals surface area contributed by atoms with E-state index in [4.69, 9.17) is 0 Å². The number of aromatic amines is 1. The number of aromatic nitrogens is 2. The van der Waals surface area contributed by atoms with Crippen molar-refractivity contribution in [1.29, 1.82) is 0 Å². The van der Waals surface area contributed by atoms with Crippen molar-refractivity contribution in [1.82, 2.24) is 30.2 Å². The van der Waals surface area contributed by atoms with Gasteiger partial charge in [0.05, 0.1) is 17.8 Å². The van der Waals surface area contributed by atoms with Gasteiger partial charge in [-0.1, -0.05) is 36.4 Å². The molecule has 7 nitrogen and oxygen atoms in total. The van der Waals surface area contributed by atoms with E-state index in [1.807, 2.05) is 24.4 Å². The second-order valence-corrected chi connectivity index (χ2v) is 10.3. The topological polar surface area (TPSA) is 67.5 Å². The number of nitrogens with one attached hydrogen (secondary N) is 2. The van der Waals surface area contributed by atoms with Gasteiger partial charge in [0.25, 0.3) is 0 Å². The number of H-pyrrole nitrogens is 1. The number of piperidine rings is 1. The first-order chi connectivity index (χ1) is 17.1. The van der Waals surface area contributed by atoms with Crippen molar-refractivity contribution in [3.8, 4) is 0 Å². The molecular formula is C28H38N6O. The third-order valence-corrected chi connectivity index (χ3v) is 7.77. The Balaban J connectivity index is 1.26. The number of carbonyl (C=O) groups excluding carboxylic acids is 1. The Bertz CT molecular complexity index is 1110. The van der Waals surface area contributed by atoms with E-state index in [0.717, 1.165) is 42.6 Å². The first kappa shape index (κ1) is 24.0. The van der Waals surface area contributed by atoms with Gasteiger partial charge in [-0.15, -0.1) is 0 Å². The number of likely N-dealkylation sites (tertiary alicyclic amines) is 1. The number of amides is 1. The molecule has 7 heteroatoms. The molecule has 1 amide bonds. The van der Waals surface area contributed by atoms with Crippen molar-refractivity contribution in [2.75, 3.05) is 46.3 Å². The Kier molecular flexibility index (Phi) is 7.46. The van der Waals surface area contributed by atoms with E-state index in [0.29, 0.717) is 19.0 Å². The minimum absolute atomic E-state index is 0.217. The summed E-state index contributed by atoms with van der Waals surface area (Å²) < 4.78 is 0. The molecule has 5 rings (SSSR count). The Morgan fingerprint density at radius 1 is 1.06 bits per heavy atom. The number of hydrogen-bond acceptors (Lipinski definition) is 5. The molecule has 2 aliphatic heterocycles. The molecule has 3 heterocycles. The van der Waals surface area contributed by atoms with Crippen LogP contribution in [0.1, 0.15) is 29.5 Å². The Morgan fingerprint density at radius 2 is 1.80 bits per heavy atom. The van der Waals surface area contributed by atoms with Gasteiger partial charge < -0.3 is 15.1 Å². The van der Waals surface area contributed by atoms with Gasteiger partial charge in [-0.2, -0.15) is 5.10 Å². The van der Waals surface area contributed by atoms with Crippen molar-refractivity contribution in [2.45, 2.75) is 44.8 Å². The van der Waals surface area contributed by atoms with Crippen LogP contribution in [0.4, 0.5) is 0 Å². The predicted octanol–water partition coefficient (Wildman–Crippen LogP) is 2.81. The summed E-state index contributed by atoms with van der Waals surface area (Å²) in [5, 5.41) is 12.0. The van der Waals surface area contributed by atoms with Gasteiger partial charge in [-0.3, -0.25) is 14.8 Å². The molecule has 1 atom stereocenters. The molecule has 35 heavy (non-hydrogen) atoms. The van der Waals surface area contributed by atoms with Crippen LogP contribution in [0.15, 0.2) is 48.7 Å². The molecule has 0 saturated carbocycles. The molecule has 0 radical (unpaired) electrons. The van der Waals surface area contributed by atoms with Gasteiger partial charge in [0.1, 0.15) is 0 Å². The second-order valence-electron chi connectivity index (χ2n) is 10.3. The van der Waals surface area contributed by atoms with Gasteiger partial charge in [-0.25, -0.2) is 0 Å². The summed E-state index contributed by atoms with van der Waals surface area (Å²) in [6.45, 7) is 8.71. The third-order valence-electron chi connectivity index (χ3n) is 7.77. The molecule has 2 N–H and O–H groups in total. The molecule has 0 bridgehead atoms. The lowest BCUT2D eigenvalue weighted by Gasteiger charge is -2.42. The van der Waals surface area contributed by atoms with Crippen LogP contribution in [0.3, 0.4) is 0 Å². The number of aryl methyl sites for hydroxylation is 1. The smallest absolute Gasteiger partial charge is 0.240 e. The van der Waals surface area contributed by atoms with E-state index in [1.165, 1.54) is 37.1 Å². The Labute approximate surface area is 208 Å². The molecule has 2 saturated heterocycles. The third kappa shape index (κ3) is 5.74. The summed E-state index contributed by atoms with van der Waals surface area (Å²) in [6, 6.07) is 15.1. The van der Waals surface area contributed by atoms with Gasteiger partial charge in [0.2, 0.25) is 5.91 Å². The molecule has 2 aromatic carbocycles. The predicted molar refractivity (Wildman–Crippen MR) is 140 cm³/mol. The van der Waals surface area contributed by atoms with Crippen LogP contribution >= 0.6 is 0 Å². The molecule has 0 spiro atoms. The number of hydrogen-bond donors (Lipinski definition) is 2. The zero-order valence-electron chi connectivity index (χ0n) is 21.0. The SMILES string of the molecule is Cc1cc(CC(NCc2ccccc2)C(=O)N2CCN(C3CCN(C)CC3)CC2)cc2cn[nH]c12. The van der Waals surface area contributed by atoms with Gasteiger partial charge in [0.15, 0.2) is 0 Å². The minimum Gasteiger partial charge on any atom is -0.339 e. The maximum Gasteiger partial charge on any atom is 0.240 e. The zero-order chi connectivity index (χ0) is 24.2. The molecule has 186 valence electrons. The molecule has 2 aliphatic rings. The van der Waals surface area contributed by atoms with E-state index in [2.05, 4.69) is 68.5 Å². The number of piperazine rings is 1. The van der Waals surface area contributed by atoms with Crippen LogP contribution < -0.4 is 5.32 Å². The molecule has 2 fully saturated rings. The molecule has 0 aliphatic carbocycles. The average molecular weight is 475 g/mol. The van der Waals surface area contributed by atoms with Crippen molar-refractivity contribution in [3.05, 3.63) is 65.4 Å². The summed E-state index contributed by atoms with van der Waals surface area (Å²) in [7, 11) is 2.21. The van der Waals surface area contributed by atoms with E-state index in [1.54, 1.807) is 0 Å². The van der Waals surface area contributed by atoms with Gasteiger partial charge in [-0.05, 0) is 69.1 Å². The van der Waals surface area contributed by atoms with E-state index in [9.17, 15) is 4.79 Å². The highest BCUT2D eigenvalue weighted by Gasteiger charge is 2.31. The fourth-order valence-electron chi connectivity index (χ4n) is 5.64. The lowest BCUT2D eigenvalue weighted by atomic mass is 9.99. The van der Waals surface area contributed by atoms with Crippen LogP contribution in [0.25, 0.3) is 10.9 Å². The maximum atomic E-state index is 13.8. The summed E-state index contributed by atoms with van der Waals surface area (Å²) >= 11 is 0. The molecule has 3 aromatic rings. The number of fused-ring (bicyclic) bond motifs is 1. The largest absolute Gasteiger partial charge is 0.339 e. The monoisotopic (exact) mass is 474 g/mol. The maximum absolute atomic E-state index is 13.8. The van der Waals surface area contributed by atoms with Crippen molar-refractivity contribution in [3.63, 3.8) is 0 Å². The fraction of sp³-hybridized carbons (Fsp3) is 0.500. The van der Waals surface area contributed by atoms with E-state index < -0.39 is 0 Å². The van der Waals surface area contributed by atoms with Crippen LogP contribution in [-0.4, -0.2) is 89.2 Å². The fourth-order valence-corrected chi connectivity index (χ4v) is 5.64. The zero-order valence-corrected chi connectivity index (χ0v) is 21.0. The lowest BCUT2D eigenvalue weighted by Crippen LogP contribution is -2.57. The number of nitrogens with zero attached hydrogens (tertiary/aromatic N) is 4. The summed E-state index contributed by atoms with van der Waals surface area (Å²) in [6.07, 6.45) is 5.01. The Hall–Kier alpha value is -2.74. The highest BCUT2D eigenvalue weighted by molar-refractivity contribution is 5.84. The number of rotatable bonds is 7. The standard InChI is InChI=1S/C28H38N6O/c1-21-16-23(17-24-20-30-31-27(21)24)18-26(29-19-22-6-4-3-5-7-22)28(35)34-14-12-33(13-15-34)25-8-10-32(2)11-9-25/h3-7,16-17,20,25-26,29H,8-15,18-19H2,1-2H3,(H,30,31).